The first kappa shape index (κ1) is 19.7. The first-order chi connectivity index (χ1) is 13.4. The summed E-state index contributed by atoms with van der Waals surface area (Å²) < 4.78 is 0. The van der Waals surface area contributed by atoms with Gasteiger partial charge in [-0.2, -0.15) is 15.0 Å². The van der Waals surface area contributed by atoms with Crippen molar-refractivity contribution >= 4 is 17.6 Å². The zero-order valence-electron chi connectivity index (χ0n) is 17.0. The maximum atomic E-state index is 4.58. The van der Waals surface area contributed by atoms with E-state index in [-0.39, 0.29) is 5.41 Å². The smallest absolute Gasteiger partial charge is 0.232 e. The third kappa shape index (κ3) is 5.49. The van der Waals surface area contributed by atoms with Crippen LogP contribution < -0.4 is 10.6 Å². The van der Waals surface area contributed by atoms with E-state index in [0.717, 1.165) is 30.0 Å². The van der Waals surface area contributed by atoms with E-state index in [2.05, 4.69) is 76.5 Å². The third-order valence-electron chi connectivity index (χ3n) is 4.29. The van der Waals surface area contributed by atoms with E-state index in [9.17, 15) is 0 Å². The van der Waals surface area contributed by atoms with Gasteiger partial charge < -0.3 is 10.6 Å². The fraction of sp³-hybridized carbons (Fsp3) is 0.364. The van der Waals surface area contributed by atoms with Crippen molar-refractivity contribution in [2.24, 2.45) is 0 Å². The van der Waals surface area contributed by atoms with Crippen molar-refractivity contribution in [3.8, 4) is 0 Å². The van der Waals surface area contributed by atoms with Crippen molar-refractivity contribution in [2.45, 2.75) is 52.5 Å². The lowest BCUT2D eigenvalue weighted by Crippen LogP contribution is -2.12. The molecule has 0 spiro atoms. The summed E-state index contributed by atoms with van der Waals surface area (Å²) >= 11 is 0. The van der Waals surface area contributed by atoms with Gasteiger partial charge >= 0.3 is 0 Å². The van der Waals surface area contributed by atoms with Crippen LogP contribution in [-0.2, 0) is 18.4 Å². The SMILES string of the molecule is CCCc1nc(NCc2ccccn2)nc(Nc2cccc(C(C)(C)C)c2)n1. The van der Waals surface area contributed by atoms with Crippen molar-refractivity contribution < 1.29 is 0 Å². The van der Waals surface area contributed by atoms with Crippen LogP contribution in [0.3, 0.4) is 0 Å². The molecule has 2 N–H and O–H groups in total. The highest BCUT2D eigenvalue weighted by atomic mass is 15.2. The Bertz CT molecular complexity index is 902. The topological polar surface area (TPSA) is 75.6 Å². The summed E-state index contributed by atoms with van der Waals surface area (Å²) in [5.74, 6) is 1.88. The standard InChI is InChI=1S/C22H28N6/c1-5-9-19-26-20(24-15-18-11-6-7-13-23-18)28-21(27-19)25-17-12-8-10-16(14-17)22(2,3)4/h6-8,10-14H,5,9,15H2,1-4H3,(H2,24,25,26,27,28). The average Bonchev–Trinajstić information content (AvgIpc) is 2.67. The number of anilines is 3. The summed E-state index contributed by atoms with van der Waals surface area (Å²) in [7, 11) is 0. The van der Waals surface area contributed by atoms with Gasteiger partial charge in [-0.25, -0.2) is 0 Å². The predicted molar refractivity (Wildman–Crippen MR) is 114 cm³/mol. The summed E-state index contributed by atoms with van der Waals surface area (Å²) in [6.07, 6.45) is 3.56. The number of nitrogens with one attached hydrogen (secondary N) is 2. The van der Waals surface area contributed by atoms with Crippen molar-refractivity contribution in [3.63, 3.8) is 0 Å². The third-order valence-corrected chi connectivity index (χ3v) is 4.29. The molecule has 0 aliphatic heterocycles. The highest BCUT2D eigenvalue weighted by Gasteiger charge is 2.14. The molecule has 0 fully saturated rings. The lowest BCUT2D eigenvalue weighted by atomic mass is 9.87. The summed E-state index contributed by atoms with van der Waals surface area (Å²) in [6, 6.07) is 14.2. The number of aryl methyl sites for hydroxylation is 1. The number of nitrogens with zero attached hydrogens (tertiary/aromatic N) is 4. The molecule has 146 valence electrons. The molecule has 0 amide bonds. The molecular weight excluding hydrogens is 348 g/mol. The van der Waals surface area contributed by atoms with Crippen LogP contribution in [0.15, 0.2) is 48.7 Å². The van der Waals surface area contributed by atoms with Gasteiger partial charge in [-0.05, 0) is 41.7 Å². The average molecular weight is 377 g/mol. The first-order valence-electron chi connectivity index (χ1n) is 9.70. The molecule has 0 aliphatic carbocycles. The Balaban J connectivity index is 1.81. The molecule has 6 heteroatoms. The number of aromatic nitrogens is 4. The molecule has 0 atom stereocenters. The monoisotopic (exact) mass is 376 g/mol. The quantitative estimate of drug-likeness (QED) is 0.612. The molecule has 2 heterocycles. The minimum Gasteiger partial charge on any atom is -0.348 e. The largest absolute Gasteiger partial charge is 0.348 e. The molecule has 0 bridgehead atoms. The molecule has 0 aliphatic rings. The lowest BCUT2D eigenvalue weighted by Gasteiger charge is -2.20. The van der Waals surface area contributed by atoms with Crippen molar-refractivity contribution in [3.05, 3.63) is 65.7 Å². The molecule has 3 rings (SSSR count). The van der Waals surface area contributed by atoms with Gasteiger partial charge in [-0.3, -0.25) is 4.98 Å². The van der Waals surface area contributed by atoms with Gasteiger partial charge in [0.15, 0.2) is 0 Å². The lowest BCUT2D eigenvalue weighted by molar-refractivity contribution is 0.590. The summed E-state index contributed by atoms with van der Waals surface area (Å²) in [5, 5.41) is 6.59. The molecule has 3 aromatic rings. The van der Waals surface area contributed by atoms with E-state index in [1.807, 2.05) is 24.3 Å². The van der Waals surface area contributed by atoms with Crippen LogP contribution in [0.4, 0.5) is 17.6 Å². The molecule has 2 aromatic heterocycles. The van der Waals surface area contributed by atoms with Crippen LogP contribution in [0.2, 0.25) is 0 Å². The summed E-state index contributed by atoms with van der Waals surface area (Å²) in [6.45, 7) is 9.29. The summed E-state index contributed by atoms with van der Waals surface area (Å²) in [5.41, 5.74) is 3.25. The van der Waals surface area contributed by atoms with E-state index in [0.29, 0.717) is 18.4 Å². The molecule has 28 heavy (non-hydrogen) atoms. The van der Waals surface area contributed by atoms with Gasteiger partial charge in [-0.1, -0.05) is 45.9 Å². The second-order valence-electron chi connectivity index (χ2n) is 7.78. The second-order valence-corrected chi connectivity index (χ2v) is 7.78. The van der Waals surface area contributed by atoms with Gasteiger partial charge in [0.1, 0.15) is 5.82 Å². The van der Waals surface area contributed by atoms with Gasteiger partial charge in [0.2, 0.25) is 11.9 Å². The zero-order valence-corrected chi connectivity index (χ0v) is 17.0. The van der Waals surface area contributed by atoms with Crippen LogP contribution in [0.5, 0.6) is 0 Å². The second kappa shape index (κ2) is 8.78. The summed E-state index contributed by atoms with van der Waals surface area (Å²) in [4.78, 5) is 18.0. The van der Waals surface area contributed by atoms with E-state index >= 15 is 0 Å². The normalized spacial score (nSPS) is 11.3. The van der Waals surface area contributed by atoms with E-state index in [4.69, 9.17) is 0 Å². The van der Waals surface area contributed by atoms with Gasteiger partial charge in [0.05, 0.1) is 12.2 Å². The van der Waals surface area contributed by atoms with Crippen LogP contribution in [0, 0.1) is 0 Å². The molecule has 0 unspecified atom stereocenters. The van der Waals surface area contributed by atoms with E-state index in [1.165, 1.54) is 5.56 Å². The maximum absolute atomic E-state index is 4.58. The highest BCUT2D eigenvalue weighted by Crippen LogP contribution is 2.25. The zero-order chi connectivity index (χ0) is 20.0. The molecule has 0 saturated carbocycles. The molecule has 0 saturated heterocycles. The molecule has 1 aromatic carbocycles. The van der Waals surface area contributed by atoms with Gasteiger partial charge in [0, 0.05) is 18.3 Å². The Hall–Kier alpha value is -3.02. The van der Waals surface area contributed by atoms with Crippen LogP contribution >= 0.6 is 0 Å². The number of rotatable bonds is 7. The molecule has 0 radical (unpaired) electrons. The first-order valence-corrected chi connectivity index (χ1v) is 9.70. The maximum Gasteiger partial charge on any atom is 0.232 e. The van der Waals surface area contributed by atoms with E-state index < -0.39 is 0 Å². The fourth-order valence-corrected chi connectivity index (χ4v) is 2.76. The number of benzene rings is 1. The molecular formula is C22H28N6. The Morgan fingerprint density at radius 1 is 0.929 bits per heavy atom. The Labute approximate surface area is 166 Å². The fourth-order valence-electron chi connectivity index (χ4n) is 2.76. The van der Waals surface area contributed by atoms with Crippen molar-refractivity contribution in [1.82, 2.24) is 19.9 Å². The number of pyridine rings is 1. The Morgan fingerprint density at radius 3 is 2.46 bits per heavy atom. The molecule has 6 nitrogen and oxygen atoms in total. The van der Waals surface area contributed by atoms with Crippen molar-refractivity contribution in [2.75, 3.05) is 10.6 Å². The minimum atomic E-state index is 0.0829. The van der Waals surface area contributed by atoms with Gasteiger partial charge in [0.25, 0.3) is 0 Å². The van der Waals surface area contributed by atoms with Crippen LogP contribution in [0.1, 0.15) is 51.2 Å². The van der Waals surface area contributed by atoms with Crippen LogP contribution in [0.25, 0.3) is 0 Å². The van der Waals surface area contributed by atoms with Gasteiger partial charge in [-0.15, -0.1) is 0 Å². The predicted octanol–water partition coefficient (Wildman–Crippen LogP) is 4.87. The van der Waals surface area contributed by atoms with E-state index in [1.54, 1.807) is 6.20 Å². The minimum absolute atomic E-state index is 0.0829. The van der Waals surface area contributed by atoms with Crippen LogP contribution in [-0.4, -0.2) is 19.9 Å². The Morgan fingerprint density at radius 2 is 1.75 bits per heavy atom. The van der Waals surface area contributed by atoms with Crippen molar-refractivity contribution in [1.29, 1.82) is 0 Å². The Kier molecular flexibility index (Phi) is 6.19. The number of hydrogen-bond donors (Lipinski definition) is 2. The number of hydrogen-bond acceptors (Lipinski definition) is 6. The highest BCUT2D eigenvalue weighted by molar-refractivity contribution is 5.56.